The number of hydrogen-bond donors (Lipinski definition) is 0. The molecule has 16 rings (SSSR count). The van der Waals surface area contributed by atoms with E-state index in [1.807, 2.05) is 46.9 Å². The SMILES string of the molecule is Cc1cc(C)n(-c2[c-]c(Oc3[c-]c4c(c(C(C)(C)C)c3)c3cc(C(C)(C)c5ccccc5)ccc3n4-c3cc(C(C)(C)C)ccn3)cc(C(C)(C)c3ccccc3)c2)n1.Cc1nn(-c2[c-]c(Oc3[c-]c4c(c(C(C)(C)C)c3)c3cc(C(C)(C)c5ccccc5)ccc3n4-c3cc(C(C)(C)C)ccn3)ccc2)c(C)c1C(C)(C)c1ccccc1.[Pt+2].[Pt+2]. The van der Waals surface area contributed by atoms with Gasteiger partial charge in [0.05, 0.1) is 11.4 Å². The molecule has 12 heteroatoms. The Morgan fingerprint density at radius 1 is 0.308 bits per heavy atom. The summed E-state index contributed by atoms with van der Waals surface area (Å²) in [5.74, 6) is 4.15. The second-order valence-electron chi connectivity index (χ2n) is 38.5. The topological polar surface area (TPSA) is 89.7 Å². The van der Waals surface area contributed by atoms with E-state index in [1.54, 1.807) is 0 Å². The van der Waals surface area contributed by atoms with E-state index in [4.69, 9.17) is 29.6 Å². The molecule has 0 aliphatic heterocycles. The first kappa shape index (κ1) is 87.3. The molecule has 0 amide bonds. The van der Waals surface area contributed by atoms with Crippen LogP contribution in [0.4, 0.5) is 0 Å². The zero-order chi connectivity index (χ0) is 84.1. The number of nitrogens with zero attached hydrogens (tertiary/aromatic N) is 8. The predicted molar refractivity (Wildman–Crippen MR) is 488 cm³/mol. The van der Waals surface area contributed by atoms with E-state index < -0.39 is 0 Å². The first-order valence-electron chi connectivity index (χ1n) is 41.5. The maximum Gasteiger partial charge on any atom is 2.00 e. The molecule has 0 aliphatic carbocycles. The van der Waals surface area contributed by atoms with Crippen LogP contribution in [0.1, 0.15) is 228 Å². The molecule has 0 unspecified atom stereocenters. The first-order valence-corrected chi connectivity index (χ1v) is 41.5. The molecule has 0 bridgehead atoms. The summed E-state index contributed by atoms with van der Waals surface area (Å²) in [6, 6.07) is 96.9. The monoisotopic (exact) mass is 1940 g/mol. The summed E-state index contributed by atoms with van der Waals surface area (Å²) in [6.45, 7) is 53.7. The third kappa shape index (κ3) is 16.8. The van der Waals surface area contributed by atoms with Gasteiger partial charge in [-0.05, 0) is 164 Å². The fraction of sp³-hybridized carbons (Fsp3) is 0.296. The molecule has 0 saturated carbocycles. The quantitative estimate of drug-likeness (QED) is 0.0896. The predicted octanol–water partition coefficient (Wildman–Crippen LogP) is 27.2. The molecule has 16 aromatic rings. The van der Waals surface area contributed by atoms with Crippen LogP contribution in [0.2, 0.25) is 0 Å². The van der Waals surface area contributed by atoms with Crippen molar-refractivity contribution in [3.05, 3.63) is 357 Å². The average Bonchev–Trinajstić information content (AvgIpc) is 1.57. The maximum atomic E-state index is 7.02. The number of aryl methyl sites for hydroxylation is 3. The smallest absolute Gasteiger partial charge is 0.509 e. The number of hydrogen-bond acceptors (Lipinski definition) is 6. The van der Waals surface area contributed by atoms with Crippen molar-refractivity contribution in [3.63, 3.8) is 0 Å². The maximum absolute atomic E-state index is 7.02. The number of ether oxygens (including phenoxy) is 2. The number of fused-ring (bicyclic) bond motifs is 6. The van der Waals surface area contributed by atoms with Gasteiger partial charge in [0.1, 0.15) is 11.6 Å². The zero-order valence-electron chi connectivity index (χ0n) is 74.1. The minimum absolute atomic E-state index is 0. The van der Waals surface area contributed by atoms with E-state index >= 15 is 0 Å². The van der Waals surface area contributed by atoms with Gasteiger partial charge >= 0.3 is 42.1 Å². The fourth-order valence-electron chi connectivity index (χ4n) is 17.3. The molecule has 6 aromatic heterocycles. The second-order valence-corrected chi connectivity index (χ2v) is 38.5. The van der Waals surface area contributed by atoms with Crippen LogP contribution >= 0.6 is 0 Å². The molecule has 0 spiro atoms. The van der Waals surface area contributed by atoms with Crippen molar-refractivity contribution in [3.8, 4) is 46.0 Å². The zero-order valence-corrected chi connectivity index (χ0v) is 78.7. The molecule has 0 N–H and O–H groups in total. The molecular weight excluding hydrogens is 1830 g/mol. The summed E-state index contributed by atoms with van der Waals surface area (Å²) < 4.78 is 22.3. The van der Waals surface area contributed by atoms with Crippen LogP contribution in [-0.2, 0) is 85.5 Å². The molecule has 6 heterocycles. The van der Waals surface area contributed by atoms with Gasteiger partial charge in [-0.3, -0.25) is 9.36 Å². The van der Waals surface area contributed by atoms with Crippen molar-refractivity contribution in [1.29, 1.82) is 0 Å². The van der Waals surface area contributed by atoms with Crippen LogP contribution in [-0.4, -0.2) is 38.7 Å². The van der Waals surface area contributed by atoms with E-state index in [0.717, 1.165) is 84.2 Å². The van der Waals surface area contributed by atoms with Gasteiger partial charge in [-0.15, -0.1) is 77.4 Å². The number of pyridine rings is 2. The fourth-order valence-corrected chi connectivity index (χ4v) is 17.3. The standard InChI is InChI=1S/2C54H56N4O.2Pt/c1-35-50(54(11,12)38-22-17-14-18-23-38)36(2)58(56-35)41-24-19-25-42(32-41)59-43-33-45(52(6,7)8)49-44-30-40(53(9,10)37-20-15-13-16-21-37)26-27-46(44)57(47(49)34-43)48-31-39(28-29-55-48)51(3,4)5;1-35-27-36(2)58(56-35)42-28-41(54(11,12)38-21-17-14-18-22-38)29-43(32-42)59-44-33-46(52(6,7)8)50-45-30-40(53(9,10)37-19-15-13-16-20-37)23-24-47(45)57(48(50)34-44)49-31-39(25-26-55-49)51(3,4)5;;/h2*13-31,33H,1-12H3;;/q2*-2;2*+2. The van der Waals surface area contributed by atoms with Crippen molar-refractivity contribution in [2.24, 2.45) is 0 Å². The molecule has 10 nitrogen and oxygen atoms in total. The van der Waals surface area contributed by atoms with Crippen LogP contribution in [0.15, 0.2) is 243 Å². The van der Waals surface area contributed by atoms with Gasteiger partial charge in [-0.2, -0.15) is 16.3 Å². The summed E-state index contributed by atoms with van der Waals surface area (Å²) in [6.07, 6.45) is 3.86. The van der Waals surface area contributed by atoms with Crippen molar-refractivity contribution < 1.29 is 51.6 Å². The number of benzene rings is 10. The Balaban J connectivity index is 0.000000204. The van der Waals surface area contributed by atoms with E-state index in [1.165, 1.54) is 72.0 Å². The van der Waals surface area contributed by atoms with Gasteiger partial charge < -0.3 is 18.6 Å². The molecule has 10 aromatic carbocycles. The Morgan fingerprint density at radius 3 is 1.12 bits per heavy atom. The van der Waals surface area contributed by atoms with E-state index in [9.17, 15) is 0 Å². The summed E-state index contributed by atoms with van der Waals surface area (Å²) >= 11 is 0. The molecule has 0 fully saturated rings. The Labute approximate surface area is 740 Å². The third-order valence-corrected chi connectivity index (χ3v) is 24.4. The largest absolute Gasteiger partial charge is 2.00 e. The van der Waals surface area contributed by atoms with Gasteiger partial charge in [0.2, 0.25) is 0 Å². The molecule has 0 radical (unpaired) electrons. The van der Waals surface area contributed by atoms with Crippen molar-refractivity contribution in [2.75, 3.05) is 0 Å². The summed E-state index contributed by atoms with van der Waals surface area (Å²) in [5, 5.41) is 14.6. The number of aromatic nitrogens is 8. The third-order valence-electron chi connectivity index (χ3n) is 24.4. The van der Waals surface area contributed by atoms with Crippen LogP contribution in [0, 0.1) is 52.0 Å². The molecule has 0 aliphatic rings. The van der Waals surface area contributed by atoms with Crippen molar-refractivity contribution in [2.45, 2.75) is 209 Å². The van der Waals surface area contributed by atoms with Crippen LogP contribution in [0.3, 0.4) is 0 Å². The minimum Gasteiger partial charge on any atom is -0.509 e. The minimum atomic E-state index is -0.328. The van der Waals surface area contributed by atoms with E-state index in [2.05, 4.69) is 405 Å². The molecular formula is C108H112N8O2Pt2. The molecule has 120 heavy (non-hydrogen) atoms. The second kappa shape index (κ2) is 32.8. The Morgan fingerprint density at radius 2 is 0.708 bits per heavy atom. The first-order chi connectivity index (χ1) is 55.7. The van der Waals surface area contributed by atoms with Crippen molar-refractivity contribution in [1.82, 2.24) is 38.7 Å². The normalized spacial score (nSPS) is 12.5. The summed E-state index contributed by atoms with van der Waals surface area (Å²) in [5.41, 5.74) is 22.7. The van der Waals surface area contributed by atoms with Crippen LogP contribution in [0.5, 0.6) is 23.0 Å². The Bertz CT molecular complexity index is 6450. The molecule has 0 atom stereocenters. The molecule has 616 valence electrons. The average molecular weight is 1940 g/mol. The Kier molecular flexibility index (Phi) is 23.9. The van der Waals surface area contributed by atoms with Gasteiger partial charge in [0.15, 0.2) is 0 Å². The number of rotatable bonds is 16. The van der Waals surface area contributed by atoms with Crippen LogP contribution in [0.25, 0.3) is 66.6 Å². The van der Waals surface area contributed by atoms with Crippen molar-refractivity contribution >= 4 is 43.6 Å². The Hall–Kier alpha value is -10.5. The van der Waals surface area contributed by atoms with E-state index in [0.29, 0.717) is 23.0 Å². The van der Waals surface area contributed by atoms with Gasteiger partial charge in [0.25, 0.3) is 0 Å². The van der Waals surface area contributed by atoms with Crippen LogP contribution < -0.4 is 9.47 Å². The summed E-state index contributed by atoms with van der Waals surface area (Å²) in [4.78, 5) is 10.0. The van der Waals surface area contributed by atoms with Gasteiger partial charge in [0, 0.05) is 79.6 Å². The molecule has 0 saturated heterocycles. The van der Waals surface area contributed by atoms with Gasteiger partial charge in [-0.25, -0.2) is 9.97 Å². The summed E-state index contributed by atoms with van der Waals surface area (Å²) in [7, 11) is 0. The van der Waals surface area contributed by atoms with Gasteiger partial charge in [-0.1, -0.05) is 306 Å². The van der Waals surface area contributed by atoms with E-state index in [-0.39, 0.29) is 85.5 Å².